The van der Waals surface area contributed by atoms with Crippen LogP contribution in [0, 0.1) is 19.8 Å². The van der Waals surface area contributed by atoms with Crippen LogP contribution >= 0.6 is 0 Å². The summed E-state index contributed by atoms with van der Waals surface area (Å²) in [5.41, 5.74) is 0. The third kappa shape index (κ3) is 4.85. The Labute approximate surface area is 112 Å². The van der Waals surface area contributed by atoms with Gasteiger partial charge in [-0.05, 0) is 5.92 Å². The first kappa shape index (κ1) is 16.9. The second kappa shape index (κ2) is 8.81. The van der Waals surface area contributed by atoms with Crippen molar-refractivity contribution in [1.82, 2.24) is 4.90 Å². The van der Waals surface area contributed by atoms with E-state index in [2.05, 4.69) is 13.8 Å². The Morgan fingerprint density at radius 3 is 2.00 bits per heavy atom. The van der Waals surface area contributed by atoms with E-state index in [0.29, 0.717) is 13.1 Å². The van der Waals surface area contributed by atoms with E-state index in [0.717, 1.165) is 0 Å². The van der Waals surface area contributed by atoms with Crippen molar-refractivity contribution in [3.05, 3.63) is 13.8 Å². The van der Waals surface area contributed by atoms with Crippen LogP contribution in [-0.4, -0.2) is 37.1 Å². The molecule has 0 heterocycles. The summed E-state index contributed by atoms with van der Waals surface area (Å²) in [4.78, 5) is 13.3. The summed E-state index contributed by atoms with van der Waals surface area (Å²) in [5.74, 6) is 0.0123. The molecule has 81 valence electrons. The minimum Gasteiger partial charge on any atom is -0.468 e. The van der Waals surface area contributed by atoms with E-state index in [1.807, 2.05) is 18.7 Å². The van der Waals surface area contributed by atoms with Crippen LogP contribution in [0.2, 0.25) is 0 Å². The molecule has 0 aromatic carbocycles. The standard InChI is InChI=1S/C10H19NO2.Y/c1-6-11(7-2)9(8(3)4)10(12)13-5;/h8-9H,1-2,6-7H2,3-5H3;/q-2;. The molecule has 0 saturated carbocycles. The summed E-state index contributed by atoms with van der Waals surface area (Å²) in [6, 6.07) is -0.222. The van der Waals surface area contributed by atoms with Gasteiger partial charge >= 0.3 is 5.97 Å². The molecule has 1 atom stereocenters. The number of carbonyl (C=O) groups is 1. The molecule has 0 saturated heterocycles. The molecule has 4 heteroatoms. The monoisotopic (exact) mass is 274 g/mol. The van der Waals surface area contributed by atoms with Gasteiger partial charge < -0.3 is 23.5 Å². The normalized spacial score (nSPS) is 12.5. The maximum absolute atomic E-state index is 11.4. The van der Waals surface area contributed by atoms with Gasteiger partial charge in [0.05, 0.1) is 7.11 Å². The van der Waals surface area contributed by atoms with Gasteiger partial charge in [0.25, 0.3) is 0 Å². The molecule has 0 amide bonds. The molecule has 0 aromatic heterocycles. The molecule has 1 radical (unpaired) electrons. The molecule has 3 nitrogen and oxygen atoms in total. The van der Waals surface area contributed by atoms with Gasteiger partial charge in [-0.1, -0.05) is 13.8 Å². The van der Waals surface area contributed by atoms with E-state index < -0.39 is 0 Å². The average molecular weight is 274 g/mol. The fourth-order valence-electron chi connectivity index (χ4n) is 1.35. The van der Waals surface area contributed by atoms with Gasteiger partial charge in [-0.15, -0.1) is 13.1 Å². The minimum atomic E-state index is -0.222. The third-order valence-electron chi connectivity index (χ3n) is 2.04. The summed E-state index contributed by atoms with van der Waals surface area (Å²) < 4.78 is 4.72. The van der Waals surface area contributed by atoms with Crippen LogP contribution in [0.4, 0.5) is 0 Å². The number of methoxy groups -OCH3 is 1. The van der Waals surface area contributed by atoms with Crippen molar-refractivity contribution >= 4 is 5.97 Å². The number of ether oxygens (including phenoxy) is 1. The average Bonchev–Trinajstić information content (AvgIpc) is 2.12. The van der Waals surface area contributed by atoms with Gasteiger partial charge in [-0.2, -0.15) is 0 Å². The van der Waals surface area contributed by atoms with Crippen molar-refractivity contribution in [3.8, 4) is 0 Å². The van der Waals surface area contributed by atoms with E-state index in [9.17, 15) is 4.79 Å². The zero-order chi connectivity index (χ0) is 10.4. The van der Waals surface area contributed by atoms with E-state index in [1.165, 1.54) is 7.11 Å². The Bertz CT molecular complexity index is 158. The van der Waals surface area contributed by atoms with Gasteiger partial charge in [-0.25, -0.2) is 0 Å². The van der Waals surface area contributed by atoms with E-state index >= 15 is 0 Å². The molecule has 0 spiro atoms. The zero-order valence-corrected chi connectivity index (χ0v) is 12.2. The summed E-state index contributed by atoms with van der Waals surface area (Å²) in [5, 5.41) is 0. The Kier molecular flexibility index (Phi) is 10.7. The maximum atomic E-state index is 11.4. The van der Waals surface area contributed by atoms with Gasteiger partial charge in [0.15, 0.2) is 0 Å². The van der Waals surface area contributed by atoms with E-state index in [1.54, 1.807) is 0 Å². The van der Waals surface area contributed by atoms with E-state index in [4.69, 9.17) is 4.74 Å². The Hall–Kier alpha value is 0.534. The summed E-state index contributed by atoms with van der Waals surface area (Å²) in [7, 11) is 1.40. The molecule has 0 fully saturated rings. The molecule has 14 heavy (non-hydrogen) atoms. The summed E-state index contributed by atoms with van der Waals surface area (Å²) in [6.07, 6.45) is 0. The van der Waals surface area contributed by atoms with Crippen molar-refractivity contribution < 1.29 is 42.2 Å². The quantitative estimate of drug-likeness (QED) is 0.556. The molecular weight excluding hydrogens is 255 g/mol. The summed E-state index contributed by atoms with van der Waals surface area (Å²) in [6.45, 7) is 12.6. The molecule has 0 rings (SSSR count). The van der Waals surface area contributed by atoms with Gasteiger partial charge in [0, 0.05) is 32.7 Å². The zero-order valence-electron chi connectivity index (χ0n) is 9.32. The van der Waals surface area contributed by atoms with Crippen molar-refractivity contribution in [2.45, 2.75) is 19.9 Å². The Balaban J connectivity index is 0. The van der Waals surface area contributed by atoms with Crippen LogP contribution in [0.5, 0.6) is 0 Å². The van der Waals surface area contributed by atoms with Crippen molar-refractivity contribution in [3.63, 3.8) is 0 Å². The molecule has 0 aliphatic rings. The third-order valence-corrected chi connectivity index (χ3v) is 2.04. The van der Waals surface area contributed by atoms with Crippen molar-refractivity contribution in [2.24, 2.45) is 5.92 Å². The topological polar surface area (TPSA) is 29.5 Å². The number of esters is 1. The second-order valence-electron chi connectivity index (χ2n) is 3.25. The summed E-state index contributed by atoms with van der Waals surface area (Å²) >= 11 is 0. The maximum Gasteiger partial charge on any atom is 0.323 e. The molecule has 0 aromatic rings. The first-order valence-electron chi connectivity index (χ1n) is 4.48. The molecular formula is C10H19NO2Y-2. The molecule has 0 aliphatic carbocycles. The number of hydrogen-bond acceptors (Lipinski definition) is 3. The number of rotatable bonds is 5. The predicted molar refractivity (Wildman–Crippen MR) is 52.9 cm³/mol. The van der Waals surface area contributed by atoms with Crippen LogP contribution in [0.3, 0.4) is 0 Å². The van der Waals surface area contributed by atoms with Crippen molar-refractivity contribution in [1.29, 1.82) is 0 Å². The molecule has 1 unspecified atom stereocenters. The van der Waals surface area contributed by atoms with Crippen LogP contribution in [0.15, 0.2) is 0 Å². The number of carbonyl (C=O) groups excluding carboxylic acids is 1. The van der Waals surface area contributed by atoms with Crippen LogP contribution in [0.25, 0.3) is 0 Å². The fraction of sp³-hybridized carbons (Fsp3) is 0.700. The van der Waals surface area contributed by atoms with Gasteiger partial charge in [-0.3, -0.25) is 4.79 Å². The Morgan fingerprint density at radius 1 is 1.36 bits per heavy atom. The molecule has 0 bridgehead atoms. The first-order valence-corrected chi connectivity index (χ1v) is 4.48. The smallest absolute Gasteiger partial charge is 0.323 e. The van der Waals surface area contributed by atoms with Crippen LogP contribution in [-0.2, 0) is 42.2 Å². The Morgan fingerprint density at radius 2 is 1.79 bits per heavy atom. The predicted octanol–water partition coefficient (Wildman–Crippen LogP) is 1.15. The van der Waals surface area contributed by atoms with Crippen LogP contribution in [0.1, 0.15) is 13.8 Å². The second-order valence-corrected chi connectivity index (χ2v) is 3.25. The first-order chi connectivity index (χ1) is 6.08. The fourth-order valence-corrected chi connectivity index (χ4v) is 1.35. The molecule has 0 N–H and O–H groups in total. The van der Waals surface area contributed by atoms with Crippen LogP contribution < -0.4 is 0 Å². The van der Waals surface area contributed by atoms with Gasteiger partial charge in [0.2, 0.25) is 0 Å². The number of nitrogens with zero attached hydrogens (tertiary/aromatic N) is 1. The largest absolute Gasteiger partial charge is 0.468 e. The minimum absolute atomic E-state index is 0. The van der Waals surface area contributed by atoms with Gasteiger partial charge in [0.1, 0.15) is 6.04 Å². The number of hydrogen-bond donors (Lipinski definition) is 0. The molecule has 0 aliphatic heterocycles. The van der Waals surface area contributed by atoms with E-state index in [-0.39, 0.29) is 50.6 Å². The van der Waals surface area contributed by atoms with Crippen molar-refractivity contribution in [2.75, 3.05) is 20.2 Å². The SMILES string of the molecule is [CH2-]CN(C[CH2-])C(C(=O)OC)C(C)C.[Y].